The second-order valence-corrected chi connectivity index (χ2v) is 6.64. The van der Waals surface area contributed by atoms with Gasteiger partial charge in [-0.1, -0.05) is 5.21 Å². The summed E-state index contributed by atoms with van der Waals surface area (Å²) in [5.41, 5.74) is 0.887. The van der Waals surface area contributed by atoms with Crippen molar-refractivity contribution in [1.82, 2.24) is 19.9 Å². The monoisotopic (exact) mass is 275 g/mol. The minimum atomic E-state index is -0.0117. The van der Waals surface area contributed by atoms with E-state index in [1.54, 1.807) is 4.68 Å². The maximum atomic E-state index is 12.4. The van der Waals surface area contributed by atoms with E-state index in [1.165, 1.54) is 19.3 Å². The predicted octanol–water partition coefficient (Wildman–Crippen LogP) is 1.63. The van der Waals surface area contributed by atoms with Crippen molar-refractivity contribution in [2.24, 2.45) is 30.7 Å². The van der Waals surface area contributed by atoms with Crippen LogP contribution in [0, 0.1) is 30.6 Å². The van der Waals surface area contributed by atoms with Gasteiger partial charge in [0.1, 0.15) is 0 Å². The highest BCUT2D eigenvalue weighted by Crippen LogP contribution is 2.55. The van der Waals surface area contributed by atoms with Crippen LogP contribution in [-0.4, -0.2) is 39.0 Å². The van der Waals surface area contributed by atoms with Crippen LogP contribution in [0.1, 0.15) is 25.0 Å². The molecule has 1 aromatic rings. The van der Waals surface area contributed by atoms with Gasteiger partial charge in [-0.2, -0.15) is 0 Å². The second-order valence-electron chi connectivity index (χ2n) is 6.64. The average molecular weight is 275 g/mol. The Labute approximate surface area is 118 Å². The molecule has 3 fully saturated rings. The number of nitrogens with one attached hydrogen (secondary N) is 1. The lowest BCUT2D eigenvalue weighted by Gasteiger charge is -2.22. The van der Waals surface area contributed by atoms with Gasteiger partial charge in [0.15, 0.2) is 5.82 Å². The molecule has 6 nitrogen and oxygen atoms in total. The van der Waals surface area contributed by atoms with E-state index < -0.39 is 0 Å². The highest BCUT2D eigenvalue weighted by atomic mass is 16.2. The van der Waals surface area contributed by atoms with Gasteiger partial charge in [-0.3, -0.25) is 10.00 Å². The molecule has 1 saturated heterocycles. The lowest BCUT2D eigenvalue weighted by atomic mass is 9.82. The minimum absolute atomic E-state index is 0.0117. The maximum absolute atomic E-state index is 12.4. The van der Waals surface area contributed by atoms with Crippen molar-refractivity contribution in [2.75, 3.05) is 18.4 Å². The number of aryl methyl sites for hydroxylation is 1. The van der Waals surface area contributed by atoms with Gasteiger partial charge in [0.25, 0.3) is 0 Å². The standard InChI is InChI=1S/C14H21N5O/c1-8-13(16-17-18(8)2)15-14(20)19-6-11-9-3-4-10(5-9)12(11)7-19/h9-12H,3-7H2,1-2H3,(H,15,20). The van der Waals surface area contributed by atoms with Gasteiger partial charge >= 0.3 is 6.03 Å². The number of aromatic nitrogens is 3. The van der Waals surface area contributed by atoms with Crippen molar-refractivity contribution in [1.29, 1.82) is 0 Å². The molecule has 6 heteroatoms. The number of hydrogen-bond acceptors (Lipinski definition) is 3. The van der Waals surface area contributed by atoms with Crippen molar-refractivity contribution in [3.8, 4) is 0 Å². The minimum Gasteiger partial charge on any atom is -0.324 e. The van der Waals surface area contributed by atoms with Crippen LogP contribution in [0.15, 0.2) is 0 Å². The lowest BCUT2D eigenvalue weighted by molar-refractivity contribution is 0.216. The topological polar surface area (TPSA) is 63.1 Å². The number of carbonyl (C=O) groups excluding carboxylic acids is 1. The lowest BCUT2D eigenvalue weighted by Crippen LogP contribution is -2.34. The van der Waals surface area contributed by atoms with Crippen LogP contribution in [0.5, 0.6) is 0 Å². The molecule has 108 valence electrons. The van der Waals surface area contributed by atoms with Crippen molar-refractivity contribution in [3.63, 3.8) is 0 Å². The van der Waals surface area contributed by atoms with E-state index in [0.29, 0.717) is 5.82 Å². The number of nitrogens with zero attached hydrogens (tertiary/aromatic N) is 4. The predicted molar refractivity (Wildman–Crippen MR) is 74.1 cm³/mol. The van der Waals surface area contributed by atoms with E-state index in [0.717, 1.165) is 42.5 Å². The van der Waals surface area contributed by atoms with Gasteiger partial charge in [-0.15, -0.1) is 5.10 Å². The number of amides is 2. The number of anilines is 1. The molecule has 2 bridgehead atoms. The summed E-state index contributed by atoms with van der Waals surface area (Å²) in [7, 11) is 1.83. The Morgan fingerprint density at radius 3 is 2.45 bits per heavy atom. The molecular formula is C14H21N5O. The quantitative estimate of drug-likeness (QED) is 0.847. The maximum Gasteiger partial charge on any atom is 0.323 e. The molecule has 3 aliphatic rings. The van der Waals surface area contributed by atoms with E-state index in [9.17, 15) is 4.79 Å². The van der Waals surface area contributed by atoms with Crippen molar-refractivity contribution < 1.29 is 4.79 Å². The number of carbonyl (C=O) groups is 1. The Kier molecular flexibility index (Phi) is 2.56. The second kappa shape index (κ2) is 4.20. The van der Waals surface area contributed by atoms with E-state index in [4.69, 9.17) is 0 Å². The van der Waals surface area contributed by atoms with Crippen LogP contribution in [0.2, 0.25) is 0 Å². The SMILES string of the molecule is Cc1c(NC(=O)N2CC3C4CCC(C4)C3C2)nnn1C. The van der Waals surface area contributed by atoms with Gasteiger partial charge in [0.05, 0.1) is 5.69 Å². The van der Waals surface area contributed by atoms with Crippen LogP contribution < -0.4 is 5.32 Å². The molecule has 2 amide bonds. The first-order valence-corrected chi connectivity index (χ1v) is 7.55. The molecule has 4 atom stereocenters. The number of urea groups is 1. The Bertz CT molecular complexity index is 536. The van der Waals surface area contributed by atoms with Gasteiger partial charge < -0.3 is 4.90 Å². The average Bonchev–Trinajstić information content (AvgIpc) is 3.15. The zero-order valence-corrected chi connectivity index (χ0v) is 12.0. The normalized spacial score (nSPS) is 34.6. The molecule has 20 heavy (non-hydrogen) atoms. The third-order valence-electron chi connectivity index (χ3n) is 5.76. The zero-order valence-electron chi connectivity index (χ0n) is 12.0. The molecule has 2 heterocycles. The summed E-state index contributed by atoms with van der Waals surface area (Å²) in [5.74, 6) is 3.84. The number of rotatable bonds is 1. The summed E-state index contributed by atoms with van der Waals surface area (Å²) in [6.07, 6.45) is 4.17. The smallest absolute Gasteiger partial charge is 0.323 e. The fraction of sp³-hybridized carbons (Fsp3) is 0.786. The van der Waals surface area contributed by atoms with Crippen molar-refractivity contribution in [2.45, 2.75) is 26.2 Å². The third kappa shape index (κ3) is 1.66. The first kappa shape index (κ1) is 12.2. The summed E-state index contributed by atoms with van der Waals surface area (Å²) in [6.45, 7) is 3.77. The molecule has 4 rings (SSSR count). The first-order valence-electron chi connectivity index (χ1n) is 7.55. The zero-order chi connectivity index (χ0) is 13.9. The molecule has 0 spiro atoms. The molecule has 0 aromatic carbocycles. The molecule has 1 aromatic heterocycles. The summed E-state index contributed by atoms with van der Waals surface area (Å²) < 4.78 is 1.68. The Morgan fingerprint density at radius 1 is 1.25 bits per heavy atom. The molecule has 1 aliphatic heterocycles. The largest absolute Gasteiger partial charge is 0.324 e. The number of likely N-dealkylation sites (tertiary alicyclic amines) is 1. The highest BCUT2D eigenvalue weighted by Gasteiger charge is 2.52. The van der Waals surface area contributed by atoms with E-state index in [1.807, 2.05) is 18.9 Å². The van der Waals surface area contributed by atoms with Crippen molar-refractivity contribution >= 4 is 11.8 Å². The van der Waals surface area contributed by atoms with Crippen LogP contribution in [-0.2, 0) is 7.05 Å². The van der Waals surface area contributed by atoms with Gasteiger partial charge in [0, 0.05) is 20.1 Å². The Morgan fingerprint density at radius 2 is 1.90 bits per heavy atom. The fourth-order valence-corrected chi connectivity index (χ4v) is 4.55. The van der Waals surface area contributed by atoms with Crippen LogP contribution in [0.3, 0.4) is 0 Å². The number of hydrogen-bond donors (Lipinski definition) is 1. The molecule has 2 saturated carbocycles. The Hall–Kier alpha value is -1.59. The molecular weight excluding hydrogens is 254 g/mol. The van der Waals surface area contributed by atoms with Crippen LogP contribution >= 0.6 is 0 Å². The molecule has 2 aliphatic carbocycles. The molecule has 4 unspecified atom stereocenters. The Balaban J connectivity index is 1.44. The van der Waals surface area contributed by atoms with Gasteiger partial charge in [0.2, 0.25) is 0 Å². The van der Waals surface area contributed by atoms with Gasteiger partial charge in [-0.05, 0) is 49.9 Å². The first-order chi connectivity index (χ1) is 9.63. The van der Waals surface area contributed by atoms with Gasteiger partial charge in [-0.25, -0.2) is 4.79 Å². The van der Waals surface area contributed by atoms with E-state index >= 15 is 0 Å². The van der Waals surface area contributed by atoms with Crippen LogP contribution in [0.25, 0.3) is 0 Å². The van der Waals surface area contributed by atoms with Crippen molar-refractivity contribution in [3.05, 3.63) is 5.69 Å². The molecule has 0 radical (unpaired) electrons. The summed E-state index contributed by atoms with van der Waals surface area (Å²) in [6, 6.07) is -0.0117. The summed E-state index contributed by atoms with van der Waals surface area (Å²) >= 11 is 0. The summed E-state index contributed by atoms with van der Waals surface area (Å²) in [5, 5.41) is 10.8. The summed E-state index contributed by atoms with van der Waals surface area (Å²) in [4.78, 5) is 14.4. The van der Waals surface area contributed by atoms with Crippen LogP contribution in [0.4, 0.5) is 10.6 Å². The van der Waals surface area contributed by atoms with E-state index in [2.05, 4.69) is 15.6 Å². The highest BCUT2D eigenvalue weighted by molar-refractivity contribution is 5.89. The molecule has 1 N–H and O–H groups in total. The fourth-order valence-electron chi connectivity index (χ4n) is 4.55. The van der Waals surface area contributed by atoms with E-state index in [-0.39, 0.29) is 6.03 Å². The third-order valence-corrected chi connectivity index (χ3v) is 5.76. The number of fused-ring (bicyclic) bond motifs is 5.